The molecule has 3 aromatic carbocycles. The van der Waals surface area contributed by atoms with Gasteiger partial charge in [0.25, 0.3) is 0 Å². The summed E-state index contributed by atoms with van der Waals surface area (Å²) in [6.45, 7) is 6.59. The highest BCUT2D eigenvalue weighted by Crippen LogP contribution is 2.38. The Labute approximate surface area is 214 Å². The maximum atomic E-state index is 12.1. The summed E-state index contributed by atoms with van der Waals surface area (Å²) in [5.41, 5.74) is 10.4. The smallest absolute Gasteiger partial charge is 0.411 e. The molecule has 1 heterocycles. The van der Waals surface area contributed by atoms with Gasteiger partial charge < -0.3 is 10.5 Å². The zero-order valence-electron chi connectivity index (χ0n) is 19.9. The number of thiazole rings is 1. The predicted octanol–water partition coefficient (Wildman–Crippen LogP) is 7.20. The highest BCUT2D eigenvalue weighted by atomic mass is 32.2. The van der Waals surface area contributed by atoms with Crippen molar-refractivity contribution in [3.8, 4) is 21.0 Å². The Morgan fingerprint density at radius 1 is 1.06 bits per heavy atom. The van der Waals surface area contributed by atoms with Gasteiger partial charge in [-0.25, -0.2) is 9.78 Å². The number of carbonyl (C=O) groups is 1. The van der Waals surface area contributed by atoms with Crippen molar-refractivity contribution in [1.29, 1.82) is 0 Å². The van der Waals surface area contributed by atoms with E-state index in [1.807, 2.05) is 79.0 Å². The van der Waals surface area contributed by atoms with Gasteiger partial charge in [-0.2, -0.15) is 0 Å². The maximum absolute atomic E-state index is 12.1. The second-order valence-electron chi connectivity index (χ2n) is 9.00. The van der Waals surface area contributed by atoms with E-state index in [9.17, 15) is 4.79 Å². The Balaban J connectivity index is 1.42. The zero-order chi connectivity index (χ0) is 24.8. The minimum atomic E-state index is -0.487. The van der Waals surface area contributed by atoms with Crippen LogP contribution >= 0.6 is 23.3 Å². The molecule has 0 atom stereocenters. The number of hydrogen-bond acceptors (Lipinski definition) is 7. The first kappa shape index (κ1) is 24.8. The van der Waals surface area contributed by atoms with Gasteiger partial charge in [0, 0.05) is 33.6 Å². The van der Waals surface area contributed by atoms with Crippen molar-refractivity contribution in [2.75, 3.05) is 11.1 Å². The first-order valence-electron chi connectivity index (χ1n) is 11.1. The Morgan fingerprint density at radius 2 is 1.80 bits per heavy atom. The molecule has 0 aliphatic carbocycles. The molecule has 0 saturated carbocycles. The van der Waals surface area contributed by atoms with Crippen LogP contribution in [0.1, 0.15) is 26.3 Å². The first-order chi connectivity index (χ1) is 16.8. The molecule has 1 amide bonds. The van der Waals surface area contributed by atoms with E-state index in [-0.39, 0.29) is 12.1 Å². The summed E-state index contributed by atoms with van der Waals surface area (Å²) in [5, 5.41) is 3.69. The number of nitrogens with one attached hydrogen (secondary N) is 2. The van der Waals surface area contributed by atoms with Crippen LogP contribution in [0.5, 0.6) is 0 Å². The number of anilines is 2. The summed E-state index contributed by atoms with van der Waals surface area (Å²) in [7, 11) is 0. The molecule has 4 rings (SSSR count). The molecule has 4 N–H and O–H groups in total. The summed E-state index contributed by atoms with van der Waals surface area (Å²) in [5.74, 6) is 0. The molecule has 0 saturated heterocycles. The summed E-state index contributed by atoms with van der Waals surface area (Å²) < 4.78 is 8.73. The number of nitrogens with two attached hydrogens (primary N) is 1. The summed E-state index contributed by atoms with van der Waals surface area (Å²) >= 11 is 3.18. The molecule has 4 aromatic rings. The molecule has 1 aromatic heterocycles. The highest BCUT2D eigenvalue weighted by Gasteiger charge is 2.15. The molecular formula is C27H28N4O2S2. The van der Waals surface area contributed by atoms with Crippen LogP contribution in [0, 0.1) is 0 Å². The van der Waals surface area contributed by atoms with Crippen LogP contribution in [0.4, 0.5) is 16.2 Å². The molecule has 0 radical (unpaired) electrons. The van der Waals surface area contributed by atoms with Gasteiger partial charge in [0.05, 0.1) is 4.88 Å². The van der Waals surface area contributed by atoms with E-state index in [4.69, 9.17) is 10.5 Å². The highest BCUT2D eigenvalue weighted by molar-refractivity contribution is 7.97. The fraction of sp³-hybridized carbons (Fsp3) is 0.185. The van der Waals surface area contributed by atoms with Crippen molar-refractivity contribution in [1.82, 2.24) is 9.71 Å². The van der Waals surface area contributed by atoms with E-state index < -0.39 is 6.09 Å². The lowest BCUT2D eigenvalue weighted by Crippen LogP contribution is -2.29. The topological polar surface area (TPSA) is 89.3 Å². The number of carbonyl (C=O) groups excluding carboxylic acids is 1. The number of benzene rings is 3. The summed E-state index contributed by atoms with van der Waals surface area (Å²) in [4.78, 5) is 18.9. The Kier molecular flexibility index (Phi) is 7.75. The SMILES string of the molecule is CC(C)(C)NSc1cc(N)ccc1-c1ncc(-c2ccc(NC(=O)OCc3ccccc3)cc2)s1. The minimum Gasteiger partial charge on any atom is -0.444 e. The first-order valence-corrected chi connectivity index (χ1v) is 12.8. The average Bonchev–Trinajstić information content (AvgIpc) is 3.32. The number of aromatic nitrogens is 1. The van der Waals surface area contributed by atoms with Crippen molar-refractivity contribution in [2.24, 2.45) is 0 Å². The lowest BCUT2D eigenvalue weighted by atomic mass is 10.1. The Morgan fingerprint density at radius 3 is 2.51 bits per heavy atom. The van der Waals surface area contributed by atoms with Gasteiger partial charge in [-0.05, 0) is 74.2 Å². The quantitative estimate of drug-likeness (QED) is 0.182. The van der Waals surface area contributed by atoms with Crippen molar-refractivity contribution >= 4 is 40.8 Å². The molecule has 0 bridgehead atoms. The molecule has 0 spiro atoms. The molecule has 8 heteroatoms. The van der Waals surface area contributed by atoms with Crippen LogP contribution in [-0.2, 0) is 11.3 Å². The standard InChI is InChI=1S/C27H28N4O2S2/c1-27(2,3)31-35-23-15-20(28)11-14-22(23)25-29-16-24(34-25)19-9-12-21(13-10-19)30-26(32)33-17-18-7-5-4-6-8-18/h4-16,31H,17,28H2,1-3H3,(H,30,32). The van der Waals surface area contributed by atoms with Gasteiger partial charge in [0.1, 0.15) is 11.6 Å². The molecule has 0 aliphatic rings. The molecule has 6 nitrogen and oxygen atoms in total. The monoisotopic (exact) mass is 504 g/mol. The van der Waals surface area contributed by atoms with Crippen LogP contribution in [0.3, 0.4) is 0 Å². The molecule has 0 fully saturated rings. The van der Waals surface area contributed by atoms with Gasteiger partial charge in [-0.3, -0.25) is 10.0 Å². The molecule has 35 heavy (non-hydrogen) atoms. The number of nitrogens with zero attached hydrogens (tertiary/aromatic N) is 1. The number of rotatable bonds is 7. The van der Waals surface area contributed by atoms with E-state index in [1.54, 1.807) is 23.3 Å². The largest absolute Gasteiger partial charge is 0.444 e. The van der Waals surface area contributed by atoms with Crippen molar-refractivity contribution < 1.29 is 9.53 Å². The van der Waals surface area contributed by atoms with Crippen LogP contribution < -0.4 is 15.8 Å². The Bertz CT molecular complexity index is 1280. The lowest BCUT2D eigenvalue weighted by Gasteiger charge is -2.20. The van der Waals surface area contributed by atoms with Gasteiger partial charge in [0.15, 0.2) is 0 Å². The molecular weight excluding hydrogens is 476 g/mol. The maximum Gasteiger partial charge on any atom is 0.411 e. The third-order valence-electron chi connectivity index (χ3n) is 4.84. The number of hydrogen-bond donors (Lipinski definition) is 3. The fourth-order valence-corrected chi connectivity index (χ4v) is 5.05. The van der Waals surface area contributed by atoms with E-state index in [1.165, 1.54) is 0 Å². The van der Waals surface area contributed by atoms with Gasteiger partial charge >= 0.3 is 6.09 Å². The Hall–Kier alpha value is -3.33. The third kappa shape index (κ3) is 7.08. The predicted molar refractivity (Wildman–Crippen MR) is 146 cm³/mol. The zero-order valence-corrected chi connectivity index (χ0v) is 21.5. The molecule has 180 valence electrons. The molecule has 0 aliphatic heterocycles. The summed E-state index contributed by atoms with van der Waals surface area (Å²) in [6.07, 6.45) is 1.39. The average molecular weight is 505 g/mol. The van der Waals surface area contributed by atoms with Gasteiger partial charge in [-0.15, -0.1) is 11.3 Å². The van der Waals surface area contributed by atoms with Crippen molar-refractivity contribution in [3.05, 3.63) is 84.6 Å². The third-order valence-corrected chi connectivity index (χ3v) is 7.19. The number of nitrogen functional groups attached to an aromatic ring is 1. The van der Waals surface area contributed by atoms with Crippen LogP contribution in [-0.4, -0.2) is 16.6 Å². The van der Waals surface area contributed by atoms with Crippen LogP contribution in [0.2, 0.25) is 0 Å². The number of ether oxygens (including phenoxy) is 1. The lowest BCUT2D eigenvalue weighted by molar-refractivity contribution is 0.155. The summed E-state index contributed by atoms with van der Waals surface area (Å²) in [6, 6.07) is 23.1. The van der Waals surface area contributed by atoms with Crippen molar-refractivity contribution in [3.63, 3.8) is 0 Å². The van der Waals surface area contributed by atoms with Crippen molar-refractivity contribution in [2.45, 2.75) is 37.8 Å². The van der Waals surface area contributed by atoms with E-state index in [0.29, 0.717) is 11.4 Å². The van der Waals surface area contributed by atoms with E-state index in [0.717, 1.165) is 31.5 Å². The normalized spacial score (nSPS) is 11.3. The number of amides is 1. The van der Waals surface area contributed by atoms with Gasteiger partial charge in [-0.1, -0.05) is 42.5 Å². The van der Waals surface area contributed by atoms with Crippen LogP contribution in [0.15, 0.2) is 83.9 Å². The van der Waals surface area contributed by atoms with Crippen LogP contribution in [0.25, 0.3) is 21.0 Å². The minimum absolute atomic E-state index is 0.0374. The van der Waals surface area contributed by atoms with E-state index >= 15 is 0 Å². The van der Waals surface area contributed by atoms with E-state index in [2.05, 4.69) is 35.8 Å². The molecule has 0 unspecified atom stereocenters. The second kappa shape index (κ2) is 10.9. The second-order valence-corrected chi connectivity index (χ2v) is 10.9. The van der Waals surface area contributed by atoms with Gasteiger partial charge in [0.2, 0.25) is 0 Å². The fourth-order valence-electron chi connectivity index (χ4n) is 3.14.